The van der Waals surface area contributed by atoms with Gasteiger partial charge in [-0.1, -0.05) is 20.8 Å². The molecule has 1 aliphatic carbocycles. The average molecular weight is 284 g/mol. The molecule has 0 bridgehead atoms. The standard InChI is InChI=1S/C14H24N2O4/c1-14(2,3)11(9-17)16-13(19)15-8-12(18)20-10-6-4-5-7-10/h9-11H,4-8H2,1-3H3,(H2,15,16,19). The van der Waals surface area contributed by atoms with Gasteiger partial charge in [0.2, 0.25) is 0 Å². The second-order valence-corrected chi connectivity index (χ2v) is 6.20. The van der Waals surface area contributed by atoms with Gasteiger partial charge in [-0.25, -0.2) is 4.79 Å². The highest BCUT2D eigenvalue weighted by Gasteiger charge is 2.26. The molecular formula is C14H24N2O4. The summed E-state index contributed by atoms with van der Waals surface area (Å²) in [6.45, 7) is 5.36. The molecule has 0 aliphatic heterocycles. The summed E-state index contributed by atoms with van der Waals surface area (Å²) >= 11 is 0. The molecule has 1 fully saturated rings. The van der Waals surface area contributed by atoms with Crippen molar-refractivity contribution in [3.8, 4) is 0 Å². The van der Waals surface area contributed by atoms with Crippen LogP contribution in [0.2, 0.25) is 0 Å². The lowest BCUT2D eigenvalue weighted by molar-refractivity contribution is -0.147. The number of esters is 1. The van der Waals surface area contributed by atoms with Crippen molar-refractivity contribution in [2.45, 2.75) is 58.6 Å². The number of urea groups is 1. The second kappa shape index (κ2) is 7.26. The van der Waals surface area contributed by atoms with Crippen LogP contribution in [0.25, 0.3) is 0 Å². The summed E-state index contributed by atoms with van der Waals surface area (Å²) in [6.07, 6.45) is 4.64. The minimum atomic E-state index is -0.603. The summed E-state index contributed by atoms with van der Waals surface area (Å²) in [7, 11) is 0. The van der Waals surface area contributed by atoms with Gasteiger partial charge in [0, 0.05) is 0 Å². The van der Waals surface area contributed by atoms with E-state index >= 15 is 0 Å². The number of ether oxygens (including phenoxy) is 1. The van der Waals surface area contributed by atoms with Gasteiger partial charge in [-0.2, -0.15) is 0 Å². The molecule has 1 rings (SSSR count). The molecule has 6 nitrogen and oxygen atoms in total. The molecule has 0 aromatic rings. The van der Waals surface area contributed by atoms with Crippen LogP contribution in [0.5, 0.6) is 0 Å². The number of aldehydes is 1. The summed E-state index contributed by atoms with van der Waals surface area (Å²) < 4.78 is 5.21. The first kappa shape index (κ1) is 16.5. The number of carbonyl (C=O) groups excluding carboxylic acids is 3. The van der Waals surface area contributed by atoms with Crippen LogP contribution in [0, 0.1) is 5.41 Å². The maximum absolute atomic E-state index is 11.6. The molecule has 1 aliphatic rings. The molecule has 0 aromatic heterocycles. The molecule has 0 saturated heterocycles. The number of rotatable bonds is 5. The molecule has 6 heteroatoms. The normalized spacial score (nSPS) is 17.4. The first-order valence-electron chi connectivity index (χ1n) is 7.02. The second-order valence-electron chi connectivity index (χ2n) is 6.20. The topological polar surface area (TPSA) is 84.5 Å². The fourth-order valence-electron chi connectivity index (χ4n) is 2.03. The van der Waals surface area contributed by atoms with Crippen LogP contribution >= 0.6 is 0 Å². The summed E-state index contributed by atoms with van der Waals surface area (Å²) in [4.78, 5) is 34.1. The Hall–Kier alpha value is -1.59. The van der Waals surface area contributed by atoms with Crippen molar-refractivity contribution >= 4 is 18.3 Å². The molecular weight excluding hydrogens is 260 g/mol. The van der Waals surface area contributed by atoms with Crippen LogP contribution in [-0.2, 0) is 14.3 Å². The molecule has 2 N–H and O–H groups in total. The molecule has 20 heavy (non-hydrogen) atoms. The van der Waals surface area contributed by atoms with E-state index in [-0.39, 0.29) is 18.1 Å². The average Bonchev–Trinajstić information content (AvgIpc) is 2.84. The third kappa shape index (κ3) is 5.59. The number of nitrogens with one attached hydrogen (secondary N) is 2. The van der Waals surface area contributed by atoms with E-state index in [1.165, 1.54) is 0 Å². The highest BCUT2D eigenvalue weighted by atomic mass is 16.5. The Morgan fingerprint density at radius 2 is 1.90 bits per heavy atom. The number of hydrogen-bond acceptors (Lipinski definition) is 4. The maximum atomic E-state index is 11.6. The van der Waals surface area contributed by atoms with Gasteiger partial charge in [-0.05, 0) is 31.1 Å². The molecule has 1 unspecified atom stereocenters. The first-order chi connectivity index (χ1) is 9.32. The minimum absolute atomic E-state index is 0.00957. The van der Waals surface area contributed by atoms with Crippen molar-refractivity contribution in [2.75, 3.05) is 6.54 Å². The summed E-state index contributed by atoms with van der Waals surface area (Å²) in [6, 6.07) is -1.14. The SMILES string of the molecule is CC(C)(C)C(C=O)NC(=O)NCC(=O)OC1CCCC1. The molecule has 0 aromatic carbocycles. The Morgan fingerprint density at radius 1 is 1.30 bits per heavy atom. The highest BCUT2D eigenvalue weighted by Crippen LogP contribution is 2.20. The Balaban J connectivity index is 2.28. The number of hydrogen-bond donors (Lipinski definition) is 2. The predicted molar refractivity (Wildman–Crippen MR) is 74.2 cm³/mol. The number of carbonyl (C=O) groups is 3. The van der Waals surface area contributed by atoms with Crippen molar-refractivity contribution in [1.82, 2.24) is 10.6 Å². The van der Waals surface area contributed by atoms with Crippen molar-refractivity contribution in [3.05, 3.63) is 0 Å². The largest absolute Gasteiger partial charge is 0.461 e. The molecule has 1 saturated carbocycles. The van der Waals surface area contributed by atoms with E-state index < -0.39 is 18.0 Å². The van der Waals surface area contributed by atoms with Gasteiger partial charge in [-0.3, -0.25) is 4.79 Å². The third-order valence-corrected chi connectivity index (χ3v) is 3.35. The fourth-order valence-corrected chi connectivity index (χ4v) is 2.03. The minimum Gasteiger partial charge on any atom is -0.461 e. The maximum Gasteiger partial charge on any atom is 0.325 e. The molecule has 114 valence electrons. The van der Waals surface area contributed by atoms with Crippen molar-refractivity contribution < 1.29 is 19.1 Å². The van der Waals surface area contributed by atoms with E-state index in [1.54, 1.807) is 0 Å². The van der Waals surface area contributed by atoms with Gasteiger partial charge in [0.05, 0.1) is 6.04 Å². The van der Waals surface area contributed by atoms with Gasteiger partial charge < -0.3 is 20.2 Å². The lowest BCUT2D eigenvalue weighted by Gasteiger charge is -2.26. The van der Waals surface area contributed by atoms with Crippen molar-refractivity contribution in [1.29, 1.82) is 0 Å². The van der Waals surface area contributed by atoms with Crippen LogP contribution < -0.4 is 10.6 Å². The quantitative estimate of drug-likeness (QED) is 0.590. The summed E-state index contributed by atoms with van der Waals surface area (Å²) in [5.74, 6) is -0.439. The van der Waals surface area contributed by atoms with E-state index in [0.717, 1.165) is 25.7 Å². The number of amides is 2. The Kier molecular flexibility index (Phi) is 5.98. The Labute approximate surface area is 119 Å². The van der Waals surface area contributed by atoms with Crippen molar-refractivity contribution in [2.24, 2.45) is 5.41 Å². The van der Waals surface area contributed by atoms with Gasteiger partial charge >= 0.3 is 12.0 Å². The zero-order valence-corrected chi connectivity index (χ0v) is 12.4. The van der Waals surface area contributed by atoms with E-state index in [1.807, 2.05) is 20.8 Å². The van der Waals surface area contributed by atoms with E-state index in [2.05, 4.69) is 10.6 Å². The lowest BCUT2D eigenvalue weighted by atomic mass is 9.88. The highest BCUT2D eigenvalue weighted by molar-refractivity contribution is 5.82. The third-order valence-electron chi connectivity index (χ3n) is 3.35. The van der Waals surface area contributed by atoms with Gasteiger partial charge in [0.1, 0.15) is 18.9 Å². The lowest BCUT2D eigenvalue weighted by Crippen LogP contribution is -2.50. The zero-order chi connectivity index (χ0) is 15.2. The summed E-state index contributed by atoms with van der Waals surface area (Å²) in [5.41, 5.74) is -0.372. The Bertz CT molecular complexity index is 357. The van der Waals surface area contributed by atoms with Gasteiger partial charge in [0.15, 0.2) is 0 Å². The molecule has 1 atom stereocenters. The molecule has 2 amide bonds. The molecule has 0 radical (unpaired) electrons. The summed E-state index contributed by atoms with van der Waals surface area (Å²) in [5, 5.41) is 4.94. The van der Waals surface area contributed by atoms with Crippen LogP contribution in [0.1, 0.15) is 46.5 Å². The monoisotopic (exact) mass is 284 g/mol. The van der Waals surface area contributed by atoms with Crippen molar-refractivity contribution in [3.63, 3.8) is 0 Å². The van der Waals surface area contributed by atoms with Crippen LogP contribution in [-0.4, -0.2) is 37.0 Å². The van der Waals surface area contributed by atoms with E-state index in [0.29, 0.717) is 6.29 Å². The zero-order valence-electron chi connectivity index (χ0n) is 12.4. The first-order valence-corrected chi connectivity index (χ1v) is 7.02. The predicted octanol–water partition coefficient (Wildman–Crippen LogP) is 1.39. The van der Waals surface area contributed by atoms with Gasteiger partial charge in [0.25, 0.3) is 0 Å². The molecule has 0 heterocycles. The fraction of sp³-hybridized carbons (Fsp3) is 0.786. The van der Waals surface area contributed by atoms with Gasteiger partial charge in [-0.15, -0.1) is 0 Å². The Morgan fingerprint density at radius 3 is 2.40 bits per heavy atom. The van der Waals surface area contributed by atoms with Crippen LogP contribution in [0.15, 0.2) is 0 Å². The van der Waals surface area contributed by atoms with Crippen LogP contribution in [0.3, 0.4) is 0 Å². The van der Waals surface area contributed by atoms with Crippen LogP contribution in [0.4, 0.5) is 4.79 Å². The van der Waals surface area contributed by atoms with E-state index in [9.17, 15) is 14.4 Å². The van der Waals surface area contributed by atoms with E-state index in [4.69, 9.17) is 4.74 Å². The molecule has 0 spiro atoms. The smallest absolute Gasteiger partial charge is 0.325 e.